The fourth-order valence-electron chi connectivity index (χ4n) is 7.25. The molecule has 0 N–H and O–H groups in total. The van der Waals surface area contributed by atoms with Gasteiger partial charge in [0.25, 0.3) is 0 Å². The van der Waals surface area contributed by atoms with E-state index < -0.39 is 6.04 Å². The molecular weight excluding hydrogens is 601 g/mol. The molecule has 0 saturated heterocycles. The highest BCUT2D eigenvalue weighted by atomic mass is 32.1. The lowest BCUT2D eigenvalue weighted by atomic mass is 9.87. The average molecular weight is 634 g/mol. The van der Waals surface area contributed by atoms with E-state index in [0.717, 1.165) is 60.8 Å². The van der Waals surface area contributed by atoms with E-state index in [2.05, 4.69) is 89.5 Å². The molecule has 0 radical (unpaired) electrons. The van der Waals surface area contributed by atoms with Gasteiger partial charge in [0.05, 0.1) is 23.6 Å². The highest BCUT2D eigenvalue weighted by molar-refractivity contribution is 7.25. The molecule has 48 heavy (non-hydrogen) atoms. The average Bonchev–Trinajstić information content (AvgIpc) is 3.78. The Hall–Kier alpha value is -6.03. The van der Waals surface area contributed by atoms with Crippen LogP contribution in [0.2, 0.25) is 0 Å². The Balaban J connectivity index is 1.42. The number of fused-ring (bicyclic) bond motifs is 6. The molecule has 224 valence electrons. The van der Waals surface area contributed by atoms with E-state index in [1.807, 2.05) is 54.6 Å². The van der Waals surface area contributed by atoms with Gasteiger partial charge in [0, 0.05) is 36.5 Å². The first-order valence-electron chi connectivity index (χ1n) is 18.4. The number of hydrogen-bond acceptors (Lipinski definition) is 2. The zero-order chi connectivity index (χ0) is 36.0. The van der Waals surface area contributed by atoms with Crippen LogP contribution in [-0.2, 0) is 0 Å². The van der Waals surface area contributed by atoms with Gasteiger partial charge < -0.3 is 0 Å². The Morgan fingerprint density at radius 3 is 2.10 bits per heavy atom. The lowest BCUT2D eigenvalue weighted by molar-refractivity contribution is 1.13. The molecule has 0 aliphatic carbocycles. The van der Waals surface area contributed by atoms with Crippen molar-refractivity contribution in [2.45, 2.75) is 0 Å². The molecule has 0 unspecified atom stereocenters. The second-order valence-corrected chi connectivity index (χ2v) is 13.0. The normalized spacial score (nSPS) is 13.2. The summed E-state index contributed by atoms with van der Waals surface area (Å²) < 4.78 is 47.6. The monoisotopic (exact) mass is 633 g/mol. The zero-order valence-electron chi connectivity index (χ0n) is 30.6. The Morgan fingerprint density at radius 1 is 0.521 bits per heavy atom. The third-order valence-corrected chi connectivity index (χ3v) is 10.4. The third-order valence-electron chi connectivity index (χ3n) is 9.27. The van der Waals surface area contributed by atoms with Crippen molar-refractivity contribution in [2.24, 2.45) is 0 Å². The van der Waals surface area contributed by atoms with Gasteiger partial charge in [0.15, 0.2) is 0 Å². The molecule has 2 aromatic heterocycles. The van der Waals surface area contributed by atoms with Crippen molar-refractivity contribution in [3.8, 4) is 39.3 Å². The molecule has 0 fully saturated rings. The summed E-state index contributed by atoms with van der Waals surface area (Å²) in [5.41, 5.74) is 6.60. The lowest BCUT2D eigenvalue weighted by Gasteiger charge is -2.21. The molecule has 0 amide bonds. The summed E-state index contributed by atoms with van der Waals surface area (Å²) in [4.78, 5) is 5.19. The summed E-state index contributed by atoms with van der Waals surface area (Å²) in [5.74, 6) is 0.812. The Labute approximate surface area is 288 Å². The van der Waals surface area contributed by atoms with E-state index in [4.69, 9.17) is 11.8 Å². The third kappa shape index (κ3) is 4.08. The quantitative estimate of drug-likeness (QED) is 0.176. The van der Waals surface area contributed by atoms with E-state index in [1.165, 1.54) is 20.2 Å². The van der Waals surface area contributed by atoms with Crippen molar-refractivity contribution in [1.82, 2.24) is 9.55 Å². The molecule has 8 aromatic carbocycles. The second kappa shape index (κ2) is 10.8. The van der Waals surface area contributed by atoms with Crippen LogP contribution in [0.5, 0.6) is 0 Å². The summed E-state index contributed by atoms with van der Waals surface area (Å²) in [7, 11) is 0. The van der Waals surface area contributed by atoms with Crippen molar-refractivity contribution in [3.05, 3.63) is 170 Å². The standard InChI is InChI=1S/C45H28N2S/c1-3-14-29(15-4-1)31-26-27-34-37(28-31)42(36-21-13-25-41-43(36)35-20-9-12-24-40(35)48-41)32-18-7-8-19-33(32)44(34)47-39-23-11-10-22-38(39)46-45(47)30-16-5-2-6-17-30/h1-28H/i1D,3D,4D,14D,15D. The Kier molecular flexibility index (Phi) is 5.04. The first-order valence-corrected chi connectivity index (χ1v) is 16.7. The highest BCUT2D eigenvalue weighted by Crippen LogP contribution is 2.48. The minimum absolute atomic E-state index is 0.177. The van der Waals surface area contributed by atoms with Crippen LogP contribution in [0.15, 0.2) is 170 Å². The summed E-state index contributed by atoms with van der Waals surface area (Å²) in [6, 6.07) is 46.2. The predicted octanol–water partition coefficient (Wildman–Crippen LogP) is 12.7. The van der Waals surface area contributed by atoms with Gasteiger partial charge in [-0.2, -0.15) is 0 Å². The highest BCUT2D eigenvalue weighted by Gasteiger charge is 2.23. The number of benzene rings is 8. The molecule has 10 rings (SSSR count). The topological polar surface area (TPSA) is 17.8 Å². The Morgan fingerprint density at radius 2 is 1.23 bits per heavy atom. The minimum atomic E-state index is -0.407. The van der Waals surface area contributed by atoms with Crippen molar-refractivity contribution in [1.29, 1.82) is 0 Å². The van der Waals surface area contributed by atoms with Gasteiger partial charge in [-0.05, 0) is 63.4 Å². The number of aromatic nitrogens is 2. The van der Waals surface area contributed by atoms with Crippen molar-refractivity contribution < 1.29 is 6.85 Å². The molecule has 2 nitrogen and oxygen atoms in total. The van der Waals surface area contributed by atoms with E-state index in [-0.39, 0.29) is 29.7 Å². The molecule has 10 aromatic rings. The SMILES string of the molecule is [2H]c1c([2H])c([2H])c(-c2ccc3c(-n4c(-c5ccccc5)nc5ccccc54)c4ccccc4c(-c4cccc5sc6ccccc6c45)c3c2)c([2H])c1[2H]. The van der Waals surface area contributed by atoms with Crippen LogP contribution in [0.25, 0.3) is 92.1 Å². The fraction of sp³-hybridized carbons (Fsp3) is 0. The van der Waals surface area contributed by atoms with Gasteiger partial charge in [0.2, 0.25) is 0 Å². The predicted molar refractivity (Wildman–Crippen MR) is 205 cm³/mol. The number of para-hydroxylation sites is 2. The molecule has 0 bridgehead atoms. The maximum Gasteiger partial charge on any atom is 0.145 e. The zero-order valence-corrected chi connectivity index (χ0v) is 26.4. The first kappa shape index (κ1) is 22.5. The van der Waals surface area contributed by atoms with E-state index in [1.54, 1.807) is 11.3 Å². The van der Waals surface area contributed by atoms with Gasteiger partial charge in [-0.3, -0.25) is 4.57 Å². The number of thiophene rings is 1. The molecule has 3 heteroatoms. The van der Waals surface area contributed by atoms with Gasteiger partial charge in [0.1, 0.15) is 5.82 Å². The molecule has 0 aliphatic heterocycles. The summed E-state index contributed by atoms with van der Waals surface area (Å²) in [6.45, 7) is 0. The molecule has 0 saturated carbocycles. The van der Waals surface area contributed by atoms with Crippen LogP contribution in [-0.4, -0.2) is 9.55 Å². The van der Waals surface area contributed by atoms with Crippen LogP contribution in [0.1, 0.15) is 6.85 Å². The maximum atomic E-state index is 8.89. The number of rotatable bonds is 4. The van der Waals surface area contributed by atoms with Crippen molar-refractivity contribution >= 4 is 64.1 Å². The number of hydrogen-bond donors (Lipinski definition) is 0. The van der Waals surface area contributed by atoms with Gasteiger partial charge in [-0.25, -0.2) is 4.98 Å². The largest absolute Gasteiger partial charge is 0.291 e. The lowest BCUT2D eigenvalue weighted by Crippen LogP contribution is -2.02. The molecule has 2 heterocycles. The Bertz CT molecular complexity index is 3100. The second-order valence-electron chi connectivity index (χ2n) is 11.9. The van der Waals surface area contributed by atoms with E-state index in [9.17, 15) is 0 Å². The van der Waals surface area contributed by atoms with Crippen LogP contribution >= 0.6 is 11.3 Å². The smallest absolute Gasteiger partial charge is 0.145 e. The molecule has 0 spiro atoms. The molecule has 0 aliphatic rings. The van der Waals surface area contributed by atoms with Crippen LogP contribution in [0.4, 0.5) is 0 Å². The van der Waals surface area contributed by atoms with Gasteiger partial charge in [-0.15, -0.1) is 11.3 Å². The molecule has 0 atom stereocenters. The first-order chi connectivity index (χ1) is 25.9. The van der Waals surface area contributed by atoms with Gasteiger partial charge >= 0.3 is 0 Å². The summed E-state index contributed by atoms with van der Waals surface area (Å²) >= 11 is 1.77. The number of nitrogens with zero attached hydrogens (tertiary/aromatic N) is 2. The van der Waals surface area contributed by atoms with E-state index in [0.29, 0.717) is 5.56 Å². The van der Waals surface area contributed by atoms with Crippen LogP contribution in [0, 0.1) is 0 Å². The van der Waals surface area contributed by atoms with E-state index >= 15 is 0 Å². The van der Waals surface area contributed by atoms with Crippen LogP contribution < -0.4 is 0 Å². The van der Waals surface area contributed by atoms with Crippen molar-refractivity contribution in [2.75, 3.05) is 0 Å². The van der Waals surface area contributed by atoms with Crippen molar-refractivity contribution in [3.63, 3.8) is 0 Å². The number of imidazole rings is 1. The van der Waals surface area contributed by atoms with Crippen LogP contribution in [0.3, 0.4) is 0 Å². The fourth-order valence-corrected chi connectivity index (χ4v) is 8.38. The van der Waals surface area contributed by atoms with Gasteiger partial charge in [-0.1, -0.05) is 139 Å². The maximum absolute atomic E-state index is 8.89. The molecular formula is C45H28N2S. The minimum Gasteiger partial charge on any atom is -0.291 e. The summed E-state index contributed by atoms with van der Waals surface area (Å²) in [6.07, 6.45) is 0. The summed E-state index contributed by atoms with van der Waals surface area (Å²) in [5, 5.41) is 6.28.